The second kappa shape index (κ2) is 7.96. The molecular weight excluding hydrogens is 318 g/mol. The first-order chi connectivity index (χ1) is 12.1. The van der Waals surface area contributed by atoms with Gasteiger partial charge in [-0.25, -0.2) is 4.98 Å². The Morgan fingerprint density at radius 3 is 2.92 bits per heavy atom. The van der Waals surface area contributed by atoms with Gasteiger partial charge in [0.05, 0.1) is 6.54 Å². The molecule has 2 aromatic rings. The highest BCUT2D eigenvalue weighted by Crippen LogP contribution is 2.18. The van der Waals surface area contributed by atoms with Gasteiger partial charge in [0.1, 0.15) is 17.7 Å². The SMILES string of the molecule is Cc1nccc(OC2CCCN(C(=O)COc3ccccc3C)C2)n1. The summed E-state index contributed by atoms with van der Waals surface area (Å²) in [5, 5.41) is 0. The Bertz CT molecular complexity index is 735. The van der Waals surface area contributed by atoms with Crippen LogP contribution in [0.2, 0.25) is 0 Å². The van der Waals surface area contributed by atoms with Crippen LogP contribution in [0.15, 0.2) is 36.5 Å². The van der Waals surface area contributed by atoms with E-state index in [0.717, 1.165) is 30.7 Å². The number of aromatic nitrogens is 2. The molecule has 6 heteroatoms. The summed E-state index contributed by atoms with van der Waals surface area (Å²) in [6, 6.07) is 9.44. The van der Waals surface area contributed by atoms with Gasteiger partial charge in [-0.2, -0.15) is 4.98 Å². The second-order valence-electron chi connectivity index (χ2n) is 6.22. The molecule has 3 rings (SSSR count). The monoisotopic (exact) mass is 341 g/mol. The van der Waals surface area contributed by atoms with E-state index in [-0.39, 0.29) is 18.6 Å². The molecule has 1 atom stereocenters. The van der Waals surface area contributed by atoms with Gasteiger partial charge in [-0.15, -0.1) is 0 Å². The third-order valence-electron chi connectivity index (χ3n) is 4.21. The predicted octanol–water partition coefficient (Wildman–Crippen LogP) is 2.54. The number of carbonyl (C=O) groups excluding carboxylic acids is 1. The Labute approximate surface area is 147 Å². The summed E-state index contributed by atoms with van der Waals surface area (Å²) in [6.07, 6.45) is 3.45. The fourth-order valence-electron chi connectivity index (χ4n) is 2.88. The molecular formula is C19H23N3O3. The van der Waals surface area contributed by atoms with Gasteiger partial charge in [0.2, 0.25) is 5.88 Å². The van der Waals surface area contributed by atoms with Gasteiger partial charge in [-0.05, 0) is 38.3 Å². The van der Waals surface area contributed by atoms with Crippen LogP contribution in [0, 0.1) is 13.8 Å². The Morgan fingerprint density at radius 1 is 1.28 bits per heavy atom. The zero-order chi connectivity index (χ0) is 17.6. The van der Waals surface area contributed by atoms with E-state index in [1.54, 1.807) is 17.2 Å². The molecule has 0 N–H and O–H groups in total. The molecule has 1 aromatic heterocycles. The highest BCUT2D eigenvalue weighted by Gasteiger charge is 2.25. The summed E-state index contributed by atoms with van der Waals surface area (Å²) >= 11 is 0. The summed E-state index contributed by atoms with van der Waals surface area (Å²) in [6.45, 7) is 5.13. The Morgan fingerprint density at radius 2 is 2.12 bits per heavy atom. The lowest BCUT2D eigenvalue weighted by molar-refractivity contribution is -0.136. The van der Waals surface area contributed by atoms with Crippen LogP contribution < -0.4 is 9.47 Å². The highest BCUT2D eigenvalue weighted by molar-refractivity contribution is 5.78. The number of piperidine rings is 1. The number of carbonyl (C=O) groups is 1. The van der Waals surface area contributed by atoms with Crippen molar-refractivity contribution >= 4 is 5.91 Å². The van der Waals surface area contributed by atoms with Crippen LogP contribution in [0.5, 0.6) is 11.6 Å². The molecule has 1 aromatic carbocycles. The quantitative estimate of drug-likeness (QED) is 0.836. The lowest BCUT2D eigenvalue weighted by atomic mass is 10.1. The summed E-state index contributed by atoms with van der Waals surface area (Å²) < 4.78 is 11.6. The number of ether oxygens (including phenoxy) is 2. The average Bonchev–Trinajstić information content (AvgIpc) is 2.61. The van der Waals surface area contributed by atoms with E-state index < -0.39 is 0 Å². The normalized spacial score (nSPS) is 17.2. The molecule has 132 valence electrons. The van der Waals surface area contributed by atoms with Gasteiger partial charge in [-0.1, -0.05) is 18.2 Å². The number of hydrogen-bond acceptors (Lipinski definition) is 5. The van der Waals surface area contributed by atoms with Crippen LogP contribution in [-0.2, 0) is 4.79 Å². The number of aryl methyl sites for hydroxylation is 2. The zero-order valence-electron chi connectivity index (χ0n) is 14.6. The third kappa shape index (κ3) is 4.68. The van der Waals surface area contributed by atoms with E-state index in [2.05, 4.69) is 9.97 Å². The number of benzene rings is 1. The lowest BCUT2D eigenvalue weighted by Gasteiger charge is -2.32. The first kappa shape index (κ1) is 17.2. The van der Waals surface area contributed by atoms with Gasteiger partial charge in [-0.3, -0.25) is 4.79 Å². The van der Waals surface area contributed by atoms with E-state index in [9.17, 15) is 4.79 Å². The lowest BCUT2D eigenvalue weighted by Crippen LogP contribution is -2.46. The molecule has 1 saturated heterocycles. The van der Waals surface area contributed by atoms with E-state index in [1.807, 2.05) is 38.1 Å². The minimum Gasteiger partial charge on any atom is -0.484 e. The molecule has 1 fully saturated rings. The van der Waals surface area contributed by atoms with Gasteiger partial charge in [0.25, 0.3) is 5.91 Å². The largest absolute Gasteiger partial charge is 0.484 e. The molecule has 0 saturated carbocycles. The number of nitrogens with zero attached hydrogens (tertiary/aromatic N) is 3. The van der Waals surface area contributed by atoms with Crippen molar-refractivity contribution in [2.75, 3.05) is 19.7 Å². The summed E-state index contributed by atoms with van der Waals surface area (Å²) in [7, 11) is 0. The first-order valence-corrected chi connectivity index (χ1v) is 8.54. The Hall–Kier alpha value is -2.63. The minimum atomic E-state index is -0.0505. The molecule has 6 nitrogen and oxygen atoms in total. The Balaban J connectivity index is 1.53. The molecule has 0 spiro atoms. The first-order valence-electron chi connectivity index (χ1n) is 8.54. The van der Waals surface area contributed by atoms with Crippen molar-refractivity contribution < 1.29 is 14.3 Å². The molecule has 1 aliphatic rings. The van der Waals surface area contributed by atoms with Crippen LogP contribution in [-0.4, -0.2) is 46.6 Å². The van der Waals surface area contributed by atoms with Crippen molar-refractivity contribution in [3.05, 3.63) is 47.9 Å². The summed E-state index contributed by atoms with van der Waals surface area (Å²) in [5.41, 5.74) is 1.02. The molecule has 1 amide bonds. The van der Waals surface area contributed by atoms with Crippen molar-refractivity contribution in [3.63, 3.8) is 0 Å². The van der Waals surface area contributed by atoms with Crippen molar-refractivity contribution in [3.8, 4) is 11.6 Å². The number of hydrogen-bond donors (Lipinski definition) is 0. The molecule has 0 aliphatic carbocycles. The number of amides is 1. The second-order valence-corrected chi connectivity index (χ2v) is 6.22. The third-order valence-corrected chi connectivity index (χ3v) is 4.21. The van der Waals surface area contributed by atoms with Crippen molar-refractivity contribution in [1.29, 1.82) is 0 Å². The minimum absolute atomic E-state index is 0.0181. The Kier molecular flexibility index (Phi) is 5.48. The molecule has 0 bridgehead atoms. The van der Waals surface area contributed by atoms with E-state index in [4.69, 9.17) is 9.47 Å². The average molecular weight is 341 g/mol. The summed E-state index contributed by atoms with van der Waals surface area (Å²) in [5.74, 6) is 1.96. The van der Waals surface area contributed by atoms with Gasteiger partial charge in [0, 0.05) is 18.8 Å². The van der Waals surface area contributed by atoms with Crippen molar-refractivity contribution in [1.82, 2.24) is 14.9 Å². The van der Waals surface area contributed by atoms with Crippen LogP contribution in [0.4, 0.5) is 0 Å². The maximum absolute atomic E-state index is 12.5. The standard InChI is InChI=1S/C19H23N3O3/c1-14-6-3-4-8-17(14)24-13-19(23)22-11-5-7-16(12-22)25-18-9-10-20-15(2)21-18/h3-4,6,8-10,16H,5,7,11-13H2,1-2H3. The predicted molar refractivity (Wildman–Crippen MR) is 93.7 cm³/mol. The zero-order valence-corrected chi connectivity index (χ0v) is 14.6. The van der Waals surface area contributed by atoms with E-state index in [1.165, 1.54) is 0 Å². The number of rotatable bonds is 5. The highest BCUT2D eigenvalue weighted by atomic mass is 16.5. The topological polar surface area (TPSA) is 64.5 Å². The van der Waals surface area contributed by atoms with Crippen LogP contribution >= 0.6 is 0 Å². The van der Waals surface area contributed by atoms with Gasteiger partial charge in [0.15, 0.2) is 6.61 Å². The van der Waals surface area contributed by atoms with Crippen LogP contribution in [0.25, 0.3) is 0 Å². The van der Waals surface area contributed by atoms with Crippen molar-refractivity contribution in [2.24, 2.45) is 0 Å². The molecule has 1 unspecified atom stereocenters. The number of likely N-dealkylation sites (tertiary alicyclic amines) is 1. The molecule has 1 aliphatic heterocycles. The van der Waals surface area contributed by atoms with Crippen LogP contribution in [0.1, 0.15) is 24.2 Å². The van der Waals surface area contributed by atoms with Gasteiger partial charge >= 0.3 is 0 Å². The van der Waals surface area contributed by atoms with E-state index in [0.29, 0.717) is 18.2 Å². The molecule has 2 heterocycles. The smallest absolute Gasteiger partial charge is 0.260 e. The maximum Gasteiger partial charge on any atom is 0.260 e. The van der Waals surface area contributed by atoms with E-state index >= 15 is 0 Å². The van der Waals surface area contributed by atoms with Crippen LogP contribution in [0.3, 0.4) is 0 Å². The van der Waals surface area contributed by atoms with Gasteiger partial charge < -0.3 is 14.4 Å². The summed E-state index contributed by atoms with van der Waals surface area (Å²) in [4.78, 5) is 22.6. The number of para-hydroxylation sites is 1. The van der Waals surface area contributed by atoms with Crippen molar-refractivity contribution in [2.45, 2.75) is 32.8 Å². The molecule has 25 heavy (non-hydrogen) atoms. The maximum atomic E-state index is 12.5. The fraction of sp³-hybridized carbons (Fsp3) is 0.421. The fourth-order valence-corrected chi connectivity index (χ4v) is 2.88. The molecule has 0 radical (unpaired) electrons.